The molecule has 166 valence electrons. The molecule has 2 saturated heterocycles. The summed E-state index contributed by atoms with van der Waals surface area (Å²) in [5.41, 5.74) is 9.98. The monoisotopic (exact) mass is 423 g/mol. The minimum Gasteiger partial charge on any atom is -0.465 e. The number of nitrogens with one attached hydrogen (secondary N) is 2. The van der Waals surface area contributed by atoms with Crippen LogP contribution >= 0.6 is 0 Å². The Morgan fingerprint density at radius 2 is 1.94 bits per heavy atom. The molecule has 2 aliphatic rings. The molecule has 0 aromatic heterocycles. The highest BCUT2D eigenvalue weighted by atomic mass is 16.5. The minimum absolute atomic E-state index is 0.289. The van der Waals surface area contributed by atoms with Gasteiger partial charge in [-0.1, -0.05) is 42.5 Å². The molecule has 31 heavy (non-hydrogen) atoms. The van der Waals surface area contributed by atoms with Crippen LogP contribution in [0.3, 0.4) is 0 Å². The SMILES string of the molecule is COC(=O)c1ccc(C2CNNC2C2CCCN(CCOCc3ccccc3)C2)cc1. The lowest BCUT2D eigenvalue weighted by Gasteiger charge is -2.37. The first-order valence-corrected chi connectivity index (χ1v) is 11.3. The van der Waals surface area contributed by atoms with Gasteiger partial charge in [-0.25, -0.2) is 4.79 Å². The van der Waals surface area contributed by atoms with Crippen molar-refractivity contribution in [2.75, 3.05) is 39.9 Å². The quantitative estimate of drug-likeness (QED) is 0.503. The van der Waals surface area contributed by atoms with Crippen LogP contribution in [0, 0.1) is 5.92 Å². The van der Waals surface area contributed by atoms with Crippen LogP contribution in [-0.4, -0.2) is 56.8 Å². The third kappa shape index (κ3) is 5.71. The highest BCUT2D eigenvalue weighted by Crippen LogP contribution is 2.31. The fraction of sp³-hybridized carbons (Fsp3) is 0.480. The lowest BCUT2D eigenvalue weighted by atomic mass is 9.81. The van der Waals surface area contributed by atoms with Crippen molar-refractivity contribution in [3.05, 3.63) is 71.3 Å². The largest absolute Gasteiger partial charge is 0.465 e. The standard InChI is InChI=1S/C25H33N3O3/c1-30-25(29)21-11-9-20(10-12-21)23-16-26-27-24(23)22-8-5-13-28(17-22)14-15-31-18-19-6-3-2-4-7-19/h2-4,6-7,9-12,22-24,26-27H,5,8,13-18H2,1H3. The van der Waals surface area contributed by atoms with Crippen LogP contribution in [0.1, 0.15) is 40.2 Å². The molecule has 0 saturated carbocycles. The summed E-state index contributed by atoms with van der Waals surface area (Å²) in [4.78, 5) is 14.3. The summed E-state index contributed by atoms with van der Waals surface area (Å²) < 4.78 is 10.7. The Hall–Kier alpha value is -2.25. The van der Waals surface area contributed by atoms with Gasteiger partial charge in [0.1, 0.15) is 0 Å². The van der Waals surface area contributed by atoms with Gasteiger partial charge in [-0.15, -0.1) is 0 Å². The highest BCUT2D eigenvalue weighted by Gasteiger charge is 2.36. The number of hydrogen-bond acceptors (Lipinski definition) is 6. The Balaban J connectivity index is 1.29. The summed E-state index contributed by atoms with van der Waals surface area (Å²) in [6, 6.07) is 18.6. The lowest BCUT2D eigenvalue weighted by Crippen LogP contribution is -2.47. The number of rotatable bonds is 8. The number of esters is 1. The first-order valence-electron chi connectivity index (χ1n) is 11.3. The van der Waals surface area contributed by atoms with Crippen molar-refractivity contribution < 1.29 is 14.3 Å². The number of carbonyl (C=O) groups is 1. The lowest BCUT2D eigenvalue weighted by molar-refractivity contribution is 0.0600. The van der Waals surface area contributed by atoms with Crippen molar-refractivity contribution in [3.63, 3.8) is 0 Å². The first-order chi connectivity index (χ1) is 15.2. The molecule has 2 aromatic rings. The Morgan fingerprint density at radius 3 is 2.71 bits per heavy atom. The molecule has 0 amide bonds. The Bertz CT molecular complexity index is 828. The number of likely N-dealkylation sites (tertiary alicyclic amines) is 1. The third-order valence-electron chi connectivity index (χ3n) is 6.50. The fourth-order valence-electron chi connectivity index (χ4n) is 4.82. The van der Waals surface area contributed by atoms with Gasteiger partial charge in [-0.3, -0.25) is 10.9 Å². The summed E-state index contributed by atoms with van der Waals surface area (Å²) >= 11 is 0. The van der Waals surface area contributed by atoms with E-state index in [1.807, 2.05) is 18.2 Å². The van der Waals surface area contributed by atoms with Crippen molar-refractivity contribution in [3.8, 4) is 0 Å². The Labute approximate surface area is 184 Å². The molecule has 2 N–H and O–H groups in total. The molecular weight excluding hydrogens is 390 g/mol. The smallest absolute Gasteiger partial charge is 0.337 e. The highest BCUT2D eigenvalue weighted by molar-refractivity contribution is 5.89. The molecule has 3 atom stereocenters. The van der Waals surface area contributed by atoms with Gasteiger partial charge in [0, 0.05) is 31.6 Å². The number of nitrogens with zero attached hydrogens (tertiary/aromatic N) is 1. The van der Waals surface area contributed by atoms with Crippen molar-refractivity contribution in [2.24, 2.45) is 5.92 Å². The zero-order chi connectivity index (χ0) is 21.5. The molecule has 0 radical (unpaired) electrons. The van der Waals surface area contributed by atoms with Crippen LogP contribution in [0.25, 0.3) is 0 Å². The van der Waals surface area contributed by atoms with Gasteiger partial charge in [-0.05, 0) is 48.6 Å². The van der Waals surface area contributed by atoms with E-state index in [2.05, 4.69) is 52.1 Å². The van der Waals surface area contributed by atoms with Gasteiger partial charge < -0.3 is 14.4 Å². The first kappa shape index (κ1) is 22.0. The fourth-order valence-corrected chi connectivity index (χ4v) is 4.82. The molecule has 0 aliphatic carbocycles. The van der Waals surface area contributed by atoms with E-state index in [0.717, 1.165) is 32.8 Å². The van der Waals surface area contributed by atoms with Gasteiger partial charge in [0.15, 0.2) is 0 Å². The molecule has 2 fully saturated rings. The second-order valence-corrected chi connectivity index (χ2v) is 8.51. The number of piperidine rings is 1. The van der Waals surface area contributed by atoms with Crippen molar-refractivity contribution >= 4 is 5.97 Å². The van der Waals surface area contributed by atoms with E-state index in [4.69, 9.17) is 9.47 Å². The summed E-state index contributed by atoms with van der Waals surface area (Å²) in [5, 5.41) is 0. The Kier molecular flexibility index (Phi) is 7.70. The maximum Gasteiger partial charge on any atom is 0.337 e. The van der Waals surface area contributed by atoms with Crippen LogP contribution < -0.4 is 10.9 Å². The van der Waals surface area contributed by atoms with Gasteiger partial charge in [-0.2, -0.15) is 0 Å². The molecule has 6 nitrogen and oxygen atoms in total. The van der Waals surface area contributed by atoms with E-state index in [9.17, 15) is 4.79 Å². The predicted octanol–water partition coefficient (Wildman–Crippen LogP) is 2.96. The summed E-state index contributed by atoms with van der Waals surface area (Å²) in [6.45, 7) is 5.54. The van der Waals surface area contributed by atoms with Crippen molar-refractivity contribution in [2.45, 2.75) is 31.4 Å². The minimum atomic E-state index is -0.289. The van der Waals surface area contributed by atoms with Crippen molar-refractivity contribution in [1.82, 2.24) is 15.8 Å². The number of benzene rings is 2. The Morgan fingerprint density at radius 1 is 1.13 bits per heavy atom. The number of hydrogen-bond donors (Lipinski definition) is 2. The number of carbonyl (C=O) groups excluding carboxylic acids is 1. The van der Waals surface area contributed by atoms with Crippen LogP contribution in [0.15, 0.2) is 54.6 Å². The second-order valence-electron chi connectivity index (χ2n) is 8.51. The molecule has 2 aliphatic heterocycles. The maximum atomic E-state index is 11.7. The van der Waals surface area contributed by atoms with E-state index in [1.54, 1.807) is 0 Å². The van der Waals surface area contributed by atoms with Crippen LogP contribution in [0.4, 0.5) is 0 Å². The van der Waals surface area contributed by atoms with Crippen molar-refractivity contribution in [1.29, 1.82) is 0 Å². The average Bonchev–Trinajstić information content (AvgIpc) is 3.32. The van der Waals surface area contributed by atoms with E-state index < -0.39 is 0 Å². The zero-order valence-electron chi connectivity index (χ0n) is 18.3. The maximum absolute atomic E-state index is 11.7. The van der Waals surface area contributed by atoms with Gasteiger partial charge in [0.05, 0.1) is 25.9 Å². The summed E-state index contributed by atoms with van der Waals surface area (Å²) in [6.07, 6.45) is 2.45. The zero-order valence-corrected chi connectivity index (χ0v) is 18.3. The number of hydrazine groups is 1. The predicted molar refractivity (Wildman–Crippen MR) is 121 cm³/mol. The summed E-state index contributed by atoms with van der Waals surface area (Å²) in [5.74, 6) is 0.692. The molecule has 0 spiro atoms. The van der Waals surface area contributed by atoms with E-state index in [0.29, 0.717) is 30.0 Å². The second kappa shape index (κ2) is 10.9. The van der Waals surface area contributed by atoms with Gasteiger partial charge in [0.2, 0.25) is 0 Å². The van der Waals surface area contributed by atoms with E-state index >= 15 is 0 Å². The molecule has 2 aromatic carbocycles. The number of methoxy groups -OCH3 is 1. The van der Waals surface area contributed by atoms with E-state index in [-0.39, 0.29) is 5.97 Å². The van der Waals surface area contributed by atoms with Gasteiger partial charge in [0.25, 0.3) is 0 Å². The average molecular weight is 424 g/mol. The topological polar surface area (TPSA) is 62.8 Å². The molecule has 4 rings (SSSR count). The molecule has 0 bridgehead atoms. The van der Waals surface area contributed by atoms with Crippen LogP contribution in [0.5, 0.6) is 0 Å². The van der Waals surface area contributed by atoms with Gasteiger partial charge >= 0.3 is 5.97 Å². The molecule has 3 unspecified atom stereocenters. The molecule has 6 heteroatoms. The van der Waals surface area contributed by atoms with Crippen LogP contribution in [0.2, 0.25) is 0 Å². The summed E-state index contributed by atoms with van der Waals surface area (Å²) in [7, 11) is 1.42. The third-order valence-corrected chi connectivity index (χ3v) is 6.50. The molecular formula is C25H33N3O3. The number of ether oxygens (including phenoxy) is 2. The normalized spacial score (nSPS) is 24.2. The molecule has 2 heterocycles. The van der Waals surface area contributed by atoms with Crippen LogP contribution in [-0.2, 0) is 16.1 Å². The van der Waals surface area contributed by atoms with E-state index in [1.165, 1.54) is 31.1 Å².